The molecular formula is C7H10N2O2. The van der Waals surface area contributed by atoms with Crippen LogP contribution in [0, 0.1) is 0 Å². The predicted octanol–water partition coefficient (Wildman–Crippen LogP) is 0.161. The van der Waals surface area contributed by atoms with E-state index in [1.54, 1.807) is 6.08 Å². The van der Waals surface area contributed by atoms with Crippen LogP contribution in [-0.4, -0.2) is 18.0 Å². The Bertz CT molecular complexity index is 229. The Morgan fingerprint density at radius 1 is 1.45 bits per heavy atom. The molecule has 0 bridgehead atoms. The van der Waals surface area contributed by atoms with Crippen LogP contribution in [0.2, 0.25) is 0 Å². The number of urea groups is 1. The fraction of sp³-hybridized carbons (Fsp3) is 0.429. The number of hydrogen-bond donors (Lipinski definition) is 2. The highest BCUT2D eigenvalue weighted by atomic mass is 16.2. The summed E-state index contributed by atoms with van der Waals surface area (Å²) in [5, 5.41) is 4.60. The van der Waals surface area contributed by atoms with Gasteiger partial charge in [-0.2, -0.15) is 0 Å². The lowest BCUT2D eigenvalue weighted by Crippen LogP contribution is -2.26. The lowest BCUT2D eigenvalue weighted by molar-refractivity contribution is -0.119. The van der Waals surface area contributed by atoms with Crippen LogP contribution in [0.25, 0.3) is 0 Å². The minimum absolute atomic E-state index is 0.281. The molecule has 0 saturated carbocycles. The minimum Gasteiger partial charge on any atom is -0.322 e. The highest BCUT2D eigenvalue weighted by Crippen LogP contribution is 1.98. The maximum absolute atomic E-state index is 10.9. The van der Waals surface area contributed by atoms with Crippen LogP contribution in [-0.2, 0) is 4.79 Å². The number of amides is 3. The average molecular weight is 154 g/mol. The number of allylic oxidation sites excluding steroid dienone is 1. The number of imide groups is 1. The predicted molar refractivity (Wildman–Crippen MR) is 39.9 cm³/mol. The van der Waals surface area contributed by atoms with Crippen LogP contribution in [0.1, 0.15) is 13.8 Å². The van der Waals surface area contributed by atoms with Crippen molar-refractivity contribution in [2.75, 3.05) is 0 Å². The van der Waals surface area contributed by atoms with E-state index < -0.39 is 12.1 Å². The van der Waals surface area contributed by atoms with E-state index in [0.717, 1.165) is 5.57 Å². The summed E-state index contributed by atoms with van der Waals surface area (Å²) in [7, 11) is 0. The van der Waals surface area contributed by atoms with Gasteiger partial charge in [0.15, 0.2) is 0 Å². The summed E-state index contributed by atoms with van der Waals surface area (Å²) < 4.78 is 0. The van der Waals surface area contributed by atoms with Crippen molar-refractivity contribution >= 4 is 11.9 Å². The first-order chi connectivity index (χ1) is 5.09. The molecule has 1 heterocycles. The van der Waals surface area contributed by atoms with Gasteiger partial charge >= 0.3 is 6.03 Å². The highest BCUT2D eigenvalue weighted by Gasteiger charge is 2.26. The monoisotopic (exact) mass is 154 g/mol. The quantitative estimate of drug-likeness (QED) is 0.417. The molecule has 0 spiro atoms. The molecule has 0 aromatic carbocycles. The summed E-state index contributed by atoms with van der Waals surface area (Å²) in [5.74, 6) is -0.281. The molecule has 1 rings (SSSR count). The number of hydrogen-bond acceptors (Lipinski definition) is 2. The molecule has 1 atom stereocenters. The maximum atomic E-state index is 10.9. The van der Waals surface area contributed by atoms with Crippen LogP contribution in [0.4, 0.5) is 4.79 Å². The molecule has 11 heavy (non-hydrogen) atoms. The van der Waals surface area contributed by atoms with Crippen molar-refractivity contribution in [2.24, 2.45) is 0 Å². The van der Waals surface area contributed by atoms with Gasteiger partial charge in [-0.15, -0.1) is 0 Å². The first-order valence-corrected chi connectivity index (χ1v) is 3.36. The number of rotatable bonds is 1. The van der Waals surface area contributed by atoms with Gasteiger partial charge < -0.3 is 5.32 Å². The second-order valence-electron chi connectivity index (χ2n) is 2.68. The minimum atomic E-state index is -0.479. The Morgan fingerprint density at radius 2 is 2.09 bits per heavy atom. The highest BCUT2D eigenvalue weighted by molar-refractivity contribution is 6.05. The summed E-state index contributed by atoms with van der Waals surface area (Å²) >= 11 is 0. The SMILES string of the molecule is CC(C)=CC1NC(=O)NC1=O. The van der Waals surface area contributed by atoms with Gasteiger partial charge in [0.1, 0.15) is 6.04 Å². The second-order valence-corrected chi connectivity index (χ2v) is 2.68. The Morgan fingerprint density at radius 3 is 2.45 bits per heavy atom. The smallest absolute Gasteiger partial charge is 0.322 e. The Kier molecular flexibility index (Phi) is 1.94. The van der Waals surface area contributed by atoms with Crippen LogP contribution in [0.3, 0.4) is 0 Å². The molecule has 4 nitrogen and oxygen atoms in total. The summed E-state index contributed by atoms with van der Waals surface area (Å²) in [5.41, 5.74) is 1.01. The van der Waals surface area contributed by atoms with Gasteiger partial charge in [0.2, 0.25) is 0 Å². The lowest BCUT2D eigenvalue weighted by atomic mass is 10.2. The van der Waals surface area contributed by atoms with Crippen LogP contribution in [0.5, 0.6) is 0 Å². The molecule has 3 amide bonds. The fourth-order valence-corrected chi connectivity index (χ4v) is 0.883. The lowest BCUT2D eigenvalue weighted by Gasteiger charge is -1.99. The van der Waals surface area contributed by atoms with Crippen molar-refractivity contribution in [3.8, 4) is 0 Å². The standard InChI is InChI=1S/C7H10N2O2/c1-4(2)3-5-6(10)9-7(11)8-5/h3,5H,1-2H3,(H2,8,9,10,11). The van der Waals surface area contributed by atoms with Crippen molar-refractivity contribution in [2.45, 2.75) is 19.9 Å². The number of carbonyl (C=O) groups excluding carboxylic acids is 2. The molecule has 1 aliphatic heterocycles. The van der Waals surface area contributed by atoms with Crippen molar-refractivity contribution in [1.29, 1.82) is 0 Å². The molecule has 2 N–H and O–H groups in total. The molecule has 0 aromatic heterocycles. The van der Waals surface area contributed by atoms with E-state index in [0.29, 0.717) is 0 Å². The normalized spacial score (nSPS) is 22.5. The van der Waals surface area contributed by atoms with Gasteiger partial charge in [0.05, 0.1) is 0 Å². The average Bonchev–Trinajstić information content (AvgIpc) is 2.09. The van der Waals surface area contributed by atoms with Gasteiger partial charge in [0.25, 0.3) is 5.91 Å². The Balaban J connectivity index is 2.68. The number of carbonyl (C=O) groups is 2. The van der Waals surface area contributed by atoms with Crippen LogP contribution >= 0.6 is 0 Å². The molecule has 0 aliphatic carbocycles. The van der Waals surface area contributed by atoms with Gasteiger partial charge in [-0.25, -0.2) is 4.79 Å². The van der Waals surface area contributed by atoms with E-state index in [2.05, 4.69) is 10.6 Å². The summed E-state index contributed by atoms with van der Waals surface area (Å²) in [6.45, 7) is 3.75. The Labute approximate surface area is 64.7 Å². The van der Waals surface area contributed by atoms with Crippen molar-refractivity contribution in [1.82, 2.24) is 10.6 Å². The van der Waals surface area contributed by atoms with Gasteiger partial charge in [0, 0.05) is 0 Å². The number of nitrogens with one attached hydrogen (secondary N) is 2. The molecule has 1 unspecified atom stereocenters. The third kappa shape index (κ3) is 1.80. The van der Waals surface area contributed by atoms with Crippen molar-refractivity contribution < 1.29 is 9.59 Å². The summed E-state index contributed by atoms with van der Waals surface area (Å²) in [6.07, 6.45) is 1.71. The van der Waals surface area contributed by atoms with E-state index in [-0.39, 0.29) is 5.91 Å². The summed E-state index contributed by atoms with van der Waals surface area (Å²) in [4.78, 5) is 21.5. The Hall–Kier alpha value is -1.32. The molecule has 4 heteroatoms. The van der Waals surface area contributed by atoms with E-state index in [9.17, 15) is 9.59 Å². The molecule has 1 saturated heterocycles. The second kappa shape index (κ2) is 2.74. The maximum Gasteiger partial charge on any atom is 0.322 e. The van der Waals surface area contributed by atoms with Crippen molar-refractivity contribution in [3.63, 3.8) is 0 Å². The molecule has 0 radical (unpaired) electrons. The molecule has 1 aliphatic rings. The first kappa shape index (κ1) is 7.78. The van der Waals surface area contributed by atoms with E-state index >= 15 is 0 Å². The zero-order chi connectivity index (χ0) is 8.43. The van der Waals surface area contributed by atoms with E-state index in [1.165, 1.54) is 0 Å². The van der Waals surface area contributed by atoms with E-state index in [4.69, 9.17) is 0 Å². The summed E-state index contributed by atoms with van der Waals surface area (Å²) in [6, 6.07) is -0.898. The topological polar surface area (TPSA) is 58.2 Å². The van der Waals surface area contributed by atoms with Crippen LogP contribution < -0.4 is 10.6 Å². The third-order valence-corrected chi connectivity index (χ3v) is 1.31. The van der Waals surface area contributed by atoms with E-state index in [1.807, 2.05) is 13.8 Å². The first-order valence-electron chi connectivity index (χ1n) is 3.36. The zero-order valence-electron chi connectivity index (χ0n) is 6.47. The largest absolute Gasteiger partial charge is 0.322 e. The zero-order valence-corrected chi connectivity index (χ0v) is 6.47. The van der Waals surface area contributed by atoms with Crippen molar-refractivity contribution in [3.05, 3.63) is 11.6 Å². The fourth-order valence-electron chi connectivity index (χ4n) is 0.883. The van der Waals surface area contributed by atoms with Gasteiger partial charge in [-0.1, -0.05) is 11.6 Å². The molecule has 0 aromatic rings. The van der Waals surface area contributed by atoms with Gasteiger partial charge in [-0.05, 0) is 13.8 Å². The van der Waals surface area contributed by atoms with Gasteiger partial charge in [-0.3, -0.25) is 10.1 Å². The molecule has 1 fully saturated rings. The molecular weight excluding hydrogens is 144 g/mol. The molecule has 60 valence electrons. The van der Waals surface area contributed by atoms with Crippen LogP contribution in [0.15, 0.2) is 11.6 Å². The third-order valence-electron chi connectivity index (χ3n) is 1.31.